The van der Waals surface area contributed by atoms with Crippen molar-refractivity contribution in [2.45, 2.75) is 32.5 Å². The standard InChI is InChI=1S/C22H26N4O2S/c1-15-6-8-16(9-7-15)21-23-22(29)26(24-21)14-25-12-4-5-19(25)18-11-10-17(27-2)13-20(18)28-3/h6-11,13,19H,4-5,12,14H2,1-3H3,(H,23,24,29)/p+1/t19-/m0/s1. The van der Waals surface area contributed by atoms with Crippen LogP contribution in [-0.2, 0) is 6.67 Å². The summed E-state index contributed by atoms with van der Waals surface area (Å²) in [6, 6.07) is 14.8. The molecule has 2 N–H and O–H groups in total. The molecule has 0 amide bonds. The van der Waals surface area contributed by atoms with Crippen LogP contribution in [0.5, 0.6) is 11.5 Å². The number of likely N-dealkylation sites (tertiary alicyclic amines) is 1. The SMILES string of the molecule is COc1ccc([C@@H]2CCC[NH+]2Cn2[nH]c(-c3ccc(C)cc3)nc2=S)c(OC)c1. The minimum absolute atomic E-state index is 0.351. The van der Waals surface area contributed by atoms with Gasteiger partial charge in [0.1, 0.15) is 17.5 Å². The van der Waals surface area contributed by atoms with Crippen LogP contribution in [0.2, 0.25) is 0 Å². The van der Waals surface area contributed by atoms with E-state index >= 15 is 0 Å². The summed E-state index contributed by atoms with van der Waals surface area (Å²) in [6.45, 7) is 3.91. The monoisotopic (exact) mass is 411 g/mol. The van der Waals surface area contributed by atoms with Crippen molar-refractivity contribution < 1.29 is 14.4 Å². The number of nitrogens with one attached hydrogen (secondary N) is 2. The van der Waals surface area contributed by atoms with Crippen molar-refractivity contribution in [2.75, 3.05) is 20.8 Å². The summed E-state index contributed by atoms with van der Waals surface area (Å²) in [5.41, 5.74) is 3.49. The largest absolute Gasteiger partial charge is 0.497 e. The van der Waals surface area contributed by atoms with Crippen LogP contribution in [0.25, 0.3) is 11.4 Å². The van der Waals surface area contributed by atoms with Gasteiger partial charge in [-0.2, -0.15) is 4.98 Å². The molecule has 1 aliphatic rings. The predicted octanol–water partition coefficient (Wildman–Crippen LogP) is 3.31. The first-order valence-corrected chi connectivity index (χ1v) is 10.3. The van der Waals surface area contributed by atoms with E-state index in [9.17, 15) is 0 Å². The van der Waals surface area contributed by atoms with Gasteiger partial charge in [0, 0.05) is 24.5 Å². The van der Waals surface area contributed by atoms with E-state index in [4.69, 9.17) is 21.7 Å². The third-order valence-electron chi connectivity index (χ3n) is 5.66. The summed E-state index contributed by atoms with van der Waals surface area (Å²) < 4.78 is 13.6. The number of methoxy groups -OCH3 is 2. The van der Waals surface area contributed by atoms with E-state index in [0.29, 0.717) is 10.8 Å². The van der Waals surface area contributed by atoms with E-state index in [2.05, 4.69) is 47.3 Å². The molecule has 7 heteroatoms. The Morgan fingerprint density at radius 2 is 1.97 bits per heavy atom. The number of hydrogen-bond donors (Lipinski definition) is 2. The normalized spacial score (nSPS) is 18.7. The fourth-order valence-corrected chi connectivity index (χ4v) is 4.29. The Labute approximate surface area is 176 Å². The number of ether oxygens (including phenoxy) is 2. The van der Waals surface area contributed by atoms with Gasteiger partial charge in [-0.1, -0.05) is 29.8 Å². The van der Waals surface area contributed by atoms with Gasteiger partial charge in [-0.25, -0.2) is 4.68 Å². The number of nitrogens with zero attached hydrogens (tertiary/aromatic N) is 2. The number of aryl methyl sites for hydroxylation is 1. The van der Waals surface area contributed by atoms with E-state index in [1.165, 1.54) is 22.4 Å². The lowest BCUT2D eigenvalue weighted by molar-refractivity contribution is -0.941. The molecule has 6 nitrogen and oxygen atoms in total. The zero-order chi connectivity index (χ0) is 20.4. The molecule has 1 aliphatic heterocycles. The number of benzene rings is 2. The van der Waals surface area contributed by atoms with Gasteiger partial charge < -0.3 is 14.4 Å². The topological polar surface area (TPSA) is 56.5 Å². The van der Waals surface area contributed by atoms with Gasteiger partial charge in [-0.3, -0.25) is 5.10 Å². The van der Waals surface area contributed by atoms with Gasteiger partial charge in [0.05, 0.1) is 26.3 Å². The molecule has 2 atom stereocenters. The Bertz CT molecular complexity index is 1040. The summed E-state index contributed by atoms with van der Waals surface area (Å²) in [7, 11) is 3.39. The molecule has 2 heterocycles. The van der Waals surface area contributed by atoms with E-state index in [1.807, 2.05) is 16.8 Å². The van der Waals surface area contributed by atoms with Gasteiger partial charge >= 0.3 is 0 Å². The Morgan fingerprint density at radius 1 is 1.17 bits per heavy atom. The summed E-state index contributed by atoms with van der Waals surface area (Å²) in [6.07, 6.45) is 2.28. The average Bonchev–Trinajstić information content (AvgIpc) is 3.35. The van der Waals surface area contributed by atoms with Crippen molar-refractivity contribution in [1.29, 1.82) is 0 Å². The second-order valence-electron chi connectivity index (χ2n) is 7.52. The van der Waals surface area contributed by atoms with E-state index in [-0.39, 0.29) is 0 Å². The van der Waals surface area contributed by atoms with Crippen LogP contribution in [-0.4, -0.2) is 35.5 Å². The molecule has 29 heavy (non-hydrogen) atoms. The maximum atomic E-state index is 5.65. The lowest BCUT2D eigenvalue weighted by Crippen LogP contribution is -3.09. The van der Waals surface area contributed by atoms with E-state index in [1.54, 1.807) is 14.2 Å². The number of aromatic nitrogens is 3. The van der Waals surface area contributed by atoms with Crippen LogP contribution in [0.3, 0.4) is 0 Å². The van der Waals surface area contributed by atoms with Crippen LogP contribution in [0.4, 0.5) is 0 Å². The minimum Gasteiger partial charge on any atom is -0.497 e. The molecular formula is C22H27N4O2S+. The Morgan fingerprint density at radius 3 is 2.69 bits per heavy atom. The zero-order valence-electron chi connectivity index (χ0n) is 17.1. The van der Waals surface area contributed by atoms with Gasteiger partial charge in [-0.05, 0) is 31.3 Å². The number of H-pyrrole nitrogens is 1. The first-order valence-electron chi connectivity index (χ1n) is 9.89. The molecule has 0 saturated carbocycles. The van der Waals surface area contributed by atoms with Crippen LogP contribution < -0.4 is 14.4 Å². The molecule has 0 spiro atoms. The number of rotatable bonds is 6. The number of aromatic amines is 1. The highest BCUT2D eigenvalue weighted by Gasteiger charge is 2.33. The van der Waals surface area contributed by atoms with Gasteiger partial charge in [-0.15, -0.1) is 0 Å². The molecular weight excluding hydrogens is 384 g/mol. The predicted molar refractivity (Wildman–Crippen MR) is 115 cm³/mol. The van der Waals surface area contributed by atoms with Gasteiger partial charge in [0.15, 0.2) is 12.5 Å². The van der Waals surface area contributed by atoms with Crippen LogP contribution >= 0.6 is 12.2 Å². The zero-order valence-corrected chi connectivity index (χ0v) is 17.9. The summed E-state index contributed by atoms with van der Waals surface area (Å²) in [4.78, 5) is 6.02. The second kappa shape index (κ2) is 8.39. The van der Waals surface area contributed by atoms with Crippen molar-refractivity contribution in [2.24, 2.45) is 0 Å². The highest BCUT2D eigenvalue weighted by atomic mass is 32.1. The Hall–Kier alpha value is -2.64. The molecule has 1 aromatic heterocycles. The van der Waals surface area contributed by atoms with Crippen molar-refractivity contribution >= 4 is 12.2 Å². The first kappa shape index (κ1) is 19.7. The average molecular weight is 412 g/mol. The molecule has 0 bridgehead atoms. The van der Waals surface area contributed by atoms with Crippen LogP contribution in [0.15, 0.2) is 42.5 Å². The third-order valence-corrected chi connectivity index (χ3v) is 5.98. The van der Waals surface area contributed by atoms with Gasteiger partial charge in [0.2, 0.25) is 4.77 Å². The Kier molecular flexibility index (Phi) is 5.69. The number of quaternary nitrogens is 1. The highest BCUT2D eigenvalue weighted by Crippen LogP contribution is 2.31. The molecule has 152 valence electrons. The third kappa shape index (κ3) is 4.06. The van der Waals surface area contributed by atoms with Crippen molar-refractivity contribution in [1.82, 2.24) is 14.8 Å². The fourth-order valence-electron chi connectivity index (χ4n) is 4.09. The minimum atomic E-state index is 0.351. The van der Waals surface area contributed by atoms with Crippen molar-refractivity contribution in [3.05, 3.63) is 58.4 Å². The van der Waals surface area contributed by atoms with Crippen molar-refractivity contribution in [3.63, 3.8) is 0 Å². The number of hydrogen-bond acceptors (Lipinski definition) is 4. The molecule has 4 rings (SSSR count). The summed E-state index contributed by atoms with van der Waals surface area (Å²) in [5.74, 6) is 2.50. The maximum absolute atomic E-state index is 5.65. The highest BCUT2D eigenvalue weighted by molar-refractivity contribution is 7.71. The summed E-state index contributed by atoms with van der Waals surface area (Å²) in [5, 5.41) is 3.39. The molecule has 0 radical (unpaired) electrons. The second-order valence-corrected chi connectivity index (χ2v) is 7.88. The first-order chi connectivity index (χ1) is 14.1. The molecule has 1 fully saturated rings. The smallest absolute Gasteiger partial charge is 0.221 e. The quantitative estimate of drug-likeness (QED) is 0.611. The fraction of sp³-hybridized carbons (Fsp3) is 0.364. The lowest BCUT2D eigenvalue weighted by Gasteiger charge is -2.23. The van der Waals surface area contributed by atoms with E-state index in [0.717, 1.165) is 42.5 Å². The van der Waals surface area contributed by atoms with Crippen LogP contribution in [0.1, 0.15) is 30.0 Å². The van der Waals surface area contributed by atoms with Crippen LogP contribution in [0, 0.1) is 11.7 Å². The molecule has 1 saturated heterocycles. The lowest BCUT2D eigenvalue weighted by atomic mass is 10.0. The van der Waals surface area contributed by atoms with Gasteiger partial charge in [0.25, 0.3) is 0 Å². The molecule has 0 aliphatic carbocycles. The van der Waals surface area contributed by atoms with Crippen molar-refractivity contribution in [3.8, 4) is 22.9 Å². The molecule has 1 unspecified atom stereocenters. The summed E-state index contributed by atoms with van der Waals surface area (Å²) >= 11 is 5.54. The molecule has 3 aromatic rings. The molecule has 2 aromatic carbocycles. The Balaban J connectivity index is 1.58. The maximum Gasteiger partial charge on any atom is 0.221 e. The van der Waals surface area contributed by atoms with E-state index < -0.39 is 0 Å².